The van der Waals surface area contributed by atoms with Gasteiger partial charge >= 0.3 is 0 Å². The standard InChI is InChI=1S/C28H33N5O7S/c1-17-27(18(2)40-30-17)19-10-11-23(26(12-19)41(34,35)31-20-8-6-7-9-20)39-16-21-15-33(32-29-21)22-13-24(36-3)28(38-5)25(14-22)37-4/h10-15,20,31H,6-9,16H2,1-5H3. The van der Waals surface area contributed by atoms with Crippen LogP contribution in [0.1, 0.15) is 42.8 Å². The Balaban J connectivity index is 1.43. The number of aryl methyl sites for hydroxylation is 2. The van der Waals surface area contributed by atoms with Crippen molar-refractivity contribution in [3.05, 3.63) is 53.7 Å². The van der Waals surface area contributed by atoms with E-state index in [4.69, 9.17) is 23.5 Å². The van der Waals surface area contributed by atoms with Gasteiger partial charge in [-0.1, -0.05) is 29.3 Å². The number of benzene rings is 2. The van der Waals surface area contributed by atoms with Gasteiger partial charge < -0.3 is 23.5 Å². The van der Waals surface area contributed by atoms with E-state index in [-0.39, 0.29) is 23.3 Å². The van der Waals surface area contributed by atoms with E-state index in [1.54, 1.807) is 48.1 Å². The van der Waals surface area contributed by atoms with E-state index in [0.717, 1.165) is 31.2 Å². The Hall–Kier alpha value is -4.10. The van der Waals surface area contributed by atoms with Gasteiger partial charge in [-0.3, -0.25) is 0 Å². The predicted molar refractivity (Wildman–Crippen MR) is 149 cm³/mol. The van der Waals surface area contributed by atoms with Crippen LogP contribution in [0.25, 0.3) is 16.8 Å². The van der Waals surface area contributed by atoms with Crippen molar-refractivity contribution in [3.63, 3.8) is 0 Å². The van der Waals surface area contributed by atoms with Crippen LogP contribution in [-0.4, -0.2) is 55.9 Å². The first-order chi connectivity index (χ1) is 19.7. The average molecular weight is 584 g/mol. The van der Waals surface area contributed by atoms with Crippen LogP contribution >= 0.6 is 0 Å². The summed E-state index contributed by atoms with van der Waals surface area (Å²) in [5.74, 6) is 2.21. The van der Waals surface area contributed by atoms with E-state index >= 15 is 0 Å². The van der Waals surface area contributed by atoms with E-state index in [0.29, 0.717) is 45.6 Å². The highest BCUT2D eigenvalue weighted by atomic mass is 32.2. The number of aromatic nitrogens is 4. The molecule has 0 spiro atoms. The molecule has 1 fully saturated rings. The molecule has 41 heavy (non-hydrogen) atoms. The molecule has 1 aliphatic rings. The lowest BCUT2D eigenvalue weighted by Gasteiger charge is -2.17. The fourth-order valence-corrected chi connectivity index (χ4v) is 6.53. The summed E-state index contributed by atoms with van der Waals surface area (Å²) >= 11 is 0. The number of ether oxygens (including phenoxy) is 4. The van der Waals surface area contributed by atoms with Crippen LogP contribution in [0.2, 0.25) is 0 Å². The SMILES string of the molecule is COc1cc(-n2cc(COc3ccc(-c4c(C)noc4C)cc3S(=O)(=O)NC3CCCC3)nn2)cc(OC)c1OC. The molecule has 0 radical (unpaired) electrons. The molecule has 0 atom stereocenters. The Kier molecular flexibility index (Phi) is 8.18. The number of hydrogen-bond donors (Lipinski definition) is 1. The molecule has 0 unspecified atom stereocenters. The van der Waals surface area contributed by atoms with Crippen LogP contribution in [0.5, 0.6) is 23.0 Å². The fraction of sp³-hybridized carbons (Fsp3) is 0.393. The second kappa shape index (κ2) is 11.8. The molecule has 12 nitrogen and oxygen atoms in total. The largest absolute Gasteiger partial charge is 0.493 e. The zero-order chi connectivity index (χ0) is 29.1. The lowest BCUT2D eigenvalue weighted by Crippen LogP contribution is -2.33. The Morgan fingerprint density at radius 1 is 1.00 bits per heavy atom. The molecular weight excluding hydrogens is 550 g/mol. The summed E-state index contributed by atoms with van der Waals surface area (Å²) in [6.45, 7) is 3.60. The highest BCUT2D eigenvalue weighted by molar-refractivity contribution is 7.89. The molecule has 218 valence electrons. The molecule has 2 aromatic heterocycles. The van der Waals surface area contributed by atoms with Crippen LogP contribution in [0.15, 0.2) is 45.9 Å². The molecule has 1 aliphatic carbocycles. The van der Waals surface area contributed by atoms with Crippen molar-refractivity contribution < 1.29 is 31.9 Å². The first-order valence-electron chi connectivity index (χ1n) is 13.2. The lowest BCUT2D eigenvalue weighted by atomic mass is 10.0. The minimum atomic E-state index is -3.88. The molecule has 0 saturated heterocycles. The summed E-state index contributed by atoms with van der Waals surface area (Å²) in [4.78, 5) is 0.0407. The van der Waals surface area contributed by atoms with Crippen LogP contribution < -0.4 is 23.7 Å². The maximum atomic E-state index is 13.6. The van der Waals surface area contributed by atoms with Gasteiger partial charge in [0, 0.05) is 23.7 Å². The Labute approximate surface area is 238 Å². The van der Waals surface area contributed by atoms with Crippen LogP contribution in [0, 0.1) is 13.8 Å². The minimum Gasteiger partial charge on any atom is -0.493 e. The summed E-state index contributed by atoms with van der Waals surface area (Å²) < 4.78 is 59.2. The number of nitrogens with zero attached hydrogens (tertiary/aromatic N) is 4. The van der Waals surface area contributed by atoms with Crippen molar-refractivity contribution in [1.82, 2.24) is 24.9 Å². The van der Waals surface area contributed by atoms with E-state index in [9.17, 15) is 8.42 Å². The molecular formula is C28H33N5O7S. The lowest BCUT2D eigenvalue weighted by molar-refractivity contribution is 0.293. The second-order valence-electron chi connectivity index (χ2n) is 9.79. The quantitative estimate of drug-likeness (QED) is 0.271. The summed E-state index contributed by atoms with van der Waals surface area (Å²) in [7, 11) is 0.714. The van der Waals surface area contributed by atoms with E-state index in [2.05, 4.69) is 20.2 Å². The third-order valence-corrected chi connectivity index (χ3v) is 8.60. The first-order valence-corrected chi connectivity index (χ1v) is 14.7. The minimum absolute atomic E-state index is 0.0129. The fourth-order valence-electron chi connectivity index (χ4n) is 5.06. The zero-order valence-electron chi connectivity index (χ0n) is 23.6. The molecule has 2 aromatic carbocycles. The molecule has 1 saturated carbocycles. The van der Waals surface area contributed by atoms with Gasteiger partial charge in [0.1, 0.15) is 28.7 Å². The predicted octanol–water partition coefficient (Wildman–Crippen LogP) is 4.36. The van der Waals surface area contributed by atoms with Gasteiger partial charge in [-0.2, -0.15) is 0 Å². The van der Waals surface area contributed by atoms with Crippen molar-refractivity contribution in [1.29, 1.82) is 0 Å². The van der Waals surface area contributed by atoms with Crippen LogP contribution in [0.4, 0.5) is 0 Å². The Morgan fingerprint density at radius 2 is 1.71 bits per heavy atom. The van der Waals surface area contributed by atoms with Gasteiger partial charge in [0.25, 0.3) is 0 Å². The number of methoxy groups -OCH3 is 3. The van der Waals surface area contributed by atoms with Crippen molar-refractivity contribution >= 4 is 10.0 Å². The zero-order valence-corrected chi connectivity index (χ0v) is 24.4. The number of hydrogen-bond acceptors (Lipinski definition) is 10. The summed E-state index contributed by atoms with van der Waals surface area (Å²) in [6.07, 6.45) is 5.30. The van der Waals surface area contributed by atoms with E-state index in [1.165, 1.54) is 21.3 Å². The van der Waals surface area contributed by atoms with E-state index < -0.39 is 10.0 Å². The summed E-state index contributed by atoms with van der Waals surface area (Å²) in [5.41, 5.74) is 3.22. The van der Waals surface area contributed by atoms with Crippen molar-refractivity contribution in [2.24, 2.45) is 0 Å². The summed E-state index contributed by atoms with van der Waals surface area (Å²) in [6, 6.07) is 8.43. The molecule has 2 heterocycles. The Bertz CT molecular complexity index is 1600. The van der Waals surface area contributed by atoms with Gasteiger partial charge in [0.2, 0.25) is 15.8 Å². The number of rotatable bonds is 11. The maximum absolute atomic E-state index is 13.6. The maximum Gasteiger partial charge on any atom is 0.244 e. The summed E-state index contributed by atoms with van der Waals surface area (Å²) in [5, 5.41) is 12.4. The van der Waals surface area contributed by atoms with Gasteiger partial charge in [0.05, 0.1) is 38.9 Å². The molecule has 0 aliphatic heterocycles. The third kappa shape index (κ3) is 5.86. The molecule has 0 bridgehead atoms. The van der Waals surface area contributed by atoms with Gasteiger partial charge in [-0.15, -0.1) is 5.10 Å². The van der Waals surface area contributed by atoms with Gasteiger partial charge in [-0.25, -0.2) is 17.8 Å². The molecule has 5 rings (SSSR count). The van der Waals surface area contributed by atoms with Crippen LogP contribution in [-0.2, 0) is 16.6 Å². The Morgan fingerprint density at radius 3 is 2.32 bits per heavy atom. The van der Waals surface area contributed by atoms with E-state index in [1.807, 2.05) is 6.92 Å². The first kappa shape index (κ1) is 28.4. The molecule has 4 aromatic rings. The van der Waals surface area contributed by atoms with Crippen molar-refractivity contribution in [3.8, 4) is 39.8 Å². The van der Waals surface area contributed by atoms with Crippen LogP contribution in [0.3, 0.4) is 0 Å². The number of nitrogens with one attached hydrogen (secondary N) is 1. The third-order valence-electron chi connectivity index (χ3n) is 7.06. The van der Waals surface area contributed by atoms with Crippen molar-refractivity contribution in [2.75, 3.05) is 21.3 Å². The number of sulfonamides is 1. The highest BCUT2D eigenvalue weighted by Crippen LogP contribution is 2.39. The van der Waals surface area contributed by atoms with Gasteiger partial charge in [0.15, 0.2) is 11.5 Å². The highest BCUT2D eigenvalue weighted by Gasteiger charge is 2.27. The smallest absolute Gasteiger partial charge is 0.244 e. The second-order valence-corrected chi connectivity index (χ2v) is 11.5. The average Bonchev–Trinajstić information content (AvgIpc) is 3.73. The topological polar surface area (TPSA) is 140 Å². The molecule has 13 heteroatoms. The monoisotopic (exact) mass is 583 g/mol. The molecule has 1 N–H and O–H groups in total. The van der Waals surface area contributed by atoms with Gasteiger partial charge in [-0.05, 0) is 44.4 Å². The van der Waals surface area contributed by atoms with Crippen molar-refractivity contribution in [2.45, 2.75) is 57.1 Å². The molecule has 0 amide bonds. The normalized spacial score (nSPS) is 13.9.